The van der Waals surface area contributed by atoms with Gasteiger partial charge in [-0.1, -0.05) is 42.1 Å². The molecule has 3 nitrogen and oxygen atoms in total. The molecule has 118 valence electrons. The van der Waals surface area contributed by atoms with Crippen LogP contribution < -0.4 is 4.72 Å². The van der Waals surface area contributed by atoms with Crippen molar-refractivity contribution in [2.24, 2.45) is 11.8 Å². The lowest BCUT2D eigenvalue weighted by molar-refractivity contribution is 0.270. The Bertz CT molecular complexity index is 581. The maximum atomic E-state index is 12.4. The third kappa shape index (κ3) is 4.78. The van der Waals surface area contributed by atoms with Gasteiger partial charge in [0.15, 0.2) is 0 Å². The minimum Gasteiger partial charge on any atom is -0.211 e. The summed E-state index contributed by atoms with van der Waals surface area (Å²) in [5.41, 5.74) is 0. The smallest absolute Gasteiger partial charge is 0.211 e. The van der Waals surface area contributed by atoms with Crippen molar-refractivity contribution in [1.82, 2.24) is 4.72 Å². The topological polar surface area (TPSA) is 46.2 Å². The SMILES string of the molecule is CCC1CCC(CNS(=O)(=O)c2cc(Br)ccc2Br)CC1. The normalized spacial score (nSPS) is 23.2. The van der Waals surface area contributed by atoms with Gasteiger partial charge in [-0.15, -0.1) is 0 Å². The van der Waals surface area contributed by atoms with Crippen molar-refractivity contribution >= 4 is 41.9 Å². The van der Waals surface area contributed by atoms with E-state index in [0.717, 1.165) is 23.2 Å². The van der Waals surface area contributed by atoms with E-state index in [2.05, 4.69) is 43.5 Å². The highest BCUT2D eigenvalue weighted by atomic mass is 79.9. The summed E-state index contributed by atoms with van der Waals surface area (Å²) < 4.78 is 28.9. The van der Waals surface area contributed by atoms with Crippen LogP contribution in [0.25, 0.3) is 0 Å². The molecule has 2 rings (SSSR count). The Balaban J connectivity index is 1.97. The van der Waals surface area contributed by atoms with E-state index < -0.39 is 10.0 Å². The average molecular weight is 439 g/mol. The summed E-state index contributed by atoms with van der Waals surface area (Å²) in [6.07, 6.45) is 5.94. The van der Waals surface area contributed by atoms with Gasteiger partial charge < -0.3 is 0 Å². The van der Waals surface area contributed by atoms with Crippen LogP contribution in [-0.2, 0) is 10.0 Å². The third-order valence-corrected chi connectivity index (χ3v) is 7.20. The summed E-state index contributed by atoms with van der Waals surface area (Å²) in [5, 5.41) is 0. The summed E-state index contributed by atoms with van der Waals surface area (Å²) in [6.45, 7) is 2.77. The molecule has 1 aromatic carbocycles. The third-order valence-electron chi connectivity index (χ3n) is 4.29. The van der Waals surface area contributed by atoms with Gasteiger partial charge in [0.25, 0.3) is 0 Å². The molecule has 6 heteroatoms. The van der Waals surface area contributed by atoms with Crippen LogP contribution in [0, 0.1) is 11.8 Å². The van der Waals surface area contributed by atoms with Crippen molar-refractivity contribution in [1.29, 1.82) is 0 Å². The average Bonchev–Trinajstić information content (AvgIpc) is 2.48. The zero-order chi connectivity index (χ0) is 15.5. The van der Waals surface area contributed by atoms with Crippen LogP contribution in [0.2, 0.25) is 0 Å². The second-order valence-electron chi connectivity index (χ2n) is 5.72. The minimum atomic E-state index is -3.46. The molecule has 1 N–H and O–H groups in total. The van der Waals surface area contributed by atoms with Crippen molar-refractivity contribution < 1.29 is 8.42 Å². The minimum absolute atomic E-state index is 0.291. The van der Waals surface area contributed by atoms with Crippen molar-refractivity contribution in [3.63, 3.8) is 0 Å². The van der Waals surface area contributed by atoms with Gasteiger partial charge in [-0.05, 0) is 58.8 Å². The Morgan fingerprint density at radius 1 is 1.14 bits per heavy atom. The first-order valence-corrected chi connectivity index (χ1v) is 10.4. The number of hydrogen-bond donors (Lipinski definition) is 1. The Hall–Kier alpha value is 0.0900. The molecule has 0 saturated heterocycles. The highest BCUT2D eigenvalue weighted by Crippen LogP contribution is 2.31. The molecule has 0 heterocycles. The lowest BCUT2D eigenvalue weighted by Crippen LogP contribution is -2.31. The van der Waals surface area contributed by atoms with E-state index in [1.54, 1.807) is 12.1 Å². The Kier molecular flexibility index (Phi) is 6.29. The van der Waals surface area contributed by atoms with Gasteiger partial charge in [0.2, 0.25) is 10.0 Å². The molecule has 0 radical (unpaired) electrons. The quantitative estimate of drug-likeness (QED) is 0.723. The maximum Gasteiger partial charge on any atom is 0.241 e. The number of rotatable bonds is 5. The van der Waals surface area contributed by atoms with Gasteiger partial charge in [-0.2, -0.15) is 0 Å². The number of halogens is 2. The summed E-state index contributed by atoms with van der Waals surface area (Å²) in [7, 11) is -3.46. The van der Waals surface area contributed by atoms with Crippen molar-refractivity contribution in [2.75, 3.05) is 6.54 Å². The van der Waals surface area contributed by atoms with Gasteiger partial charge in [0, 0.05) is 15.5 Å². The summed E-state index contributed by atoms with van der Waals surface area (Å²) >= 11 is 6.63. The van der Waals surface area contributed by atoms with Gasteiger partial charge in [-0.25, -0.2) is 13.1 Å². The van der Waals surface area contributed by atoms with Crippen LogP contribution in [0.3, 0.4) is 0 Å². The molecule has 0 amide bonds. The van der Waals surface area contributed by atoms with Crippen molar-refractivity contribution in [3.05, 3.63) is 27.1 Å². The molecule has 1 aliphatic rings. The summed E-state index contributed by atoms with van der Waals surface area (Å²) in [4.78, 5) is 0.291. The zero-order valence-corrected chi connectivity index (χ0v) is 16.1. The number of nitrogens with one attached hydrogen (secondary N) is 1. The Morgan fingerprint density at radius 3 is 2.38 bits per heavy atom. The van der Waals surface area contributed by atoms with Crippen molar-refractivity contribution in [3.8, 4) is 0 Å². The Morgan fingerprint density at radius 2 is 1.76 bits per heavy atom. The molecule has 0 bridgehead atoms. The monoisotopic (exact) mass is 437 g/mol. The molecular weight excluding hydrogens is 418 g/mol. The van der Waals surface area contributed by atoms with Crippen LogP contribution in [0.4, 0.5) is 0 Å². The van der Waals surface area contributed by atoms with Crippen LogP contribution >= 0.6 is 31.9 Å². The lowest BCUT2D eigenvalue weighted by atomic mass is 9.81. The summed E-state index contributed by atoms with van der Waals surface area (Å²) in [5.74, 6) is 1.30. The van der Waals surface area contributed by atoms with Crippen LogP contribution in [0.15, 0.2) is 32.0 Å². The van der Waals surface area contributed by atoms with E-state index in [-0.39, 0.29) is 0 Å². The highest BCUT2D eigenvalue weighted by molar-refractivity contribution is 9.11. The van der Waals surface area contributed by atoms with E-state index in [0.29, 0.717) is 21.8 Å². The molecule has 1 saturated carbocycles. The van der Waals surface area contributed by atoms with Gasteiger partial charge >= 0.3 is 0 Å². The fourth-order valence-electron chi connectivity index (χ4n) is 2.83. The molecule has 21 heavy (non-hydrogen) atoms. The van der Waals surface area contributed by atoms with E-state index in [1.807, 2.05) is 6.07 Å². The first-order valence-electron chi connectivity index (χ1n) is 7.37. The van der Waals surface area contributed by atoms with Crippen molar-refractivity contribution in [2.45, 2.75) is 43.9 Å². The zero-order valence-electron chi connectivity index (χ0n) is 12.1. The molecule has 0 unspecified atom stereocenters. The number of sulfonamides is 1. The first kappa shape index (κ1) is 17.4. The van der Waals surface area contributed by atoms with Gasteiger partial charge in [0.05, 0.1) is 4.90 Å². The van der Waals surface area contributed by atoms with E-state index >= 15 is 0 Å². The number of benzene rings is 1. The van der Waals surface area contributed by atoms with Crippen LogP contribution in [-0.4, -0.2) is 15.0 Å². The van der Waals surface area contributed by atoms with E-state index in [1.165, 1.54) is 19.3 Å². The molecule has 0 aliphatic heterocycles. The Labute approximate surface area is 144 Å². The van der Waals surface area contributed by atoms with Gasteiger partial charge in [-0.3, -0.25) is 0 Å². The molecule has 1 aromatic rings. The second-order valence-corrected chi connectivity index (χ2v) is 9.23. The molecule has 0 aromatic heterocycles. The number of hydrogen-bond acceptors (Lipinski definition) is 2. The van der Waals surface area contributed by atoms with Gasteiger partial charge in [0.1, 0.15) is 0 Å². The predicted octanol–water partition coefficient (Wildman–Crippen LogP) is 4.71. The molecule has 0 spiro atoms. The standard InChI is InChI=1S/C15H21Br2NO2S/c1-2-11-3-5-12(6-4-11)10-18-21(19,20)15-9-13(16)7-8-14(15)17/h7-9,11-12,18H,2-6,10H2,1H3. The fraction of sp³-hybridized carbons (Fsp3) is 0.600. The largest absolute Gasteiger partial charge is 0.241 e. The first-order chi connectivity index (χ1) is 9.92. The van der Waals surface area contributed by atoms with E-state index in [4.69, 9.17) is 0 Å². The maximum absolute atomic E-state index is 12.4. The second kappa shape index (κ2) is 7.57. The summed E-state index contributed by atoms with van der Waals surface area (Å²) in [6, 6.07) is 5.18. The predicted molar refractivity (Wildman–Crippen MR) is 92.8 cm³/mol. The van der Waals surface area contributed by atoms with Crippen LogP contribution in [0.5, 0.6) is 0 Å². The fourth-order valence-corrected chi connectivity index (χ4v) is 5.45. The molecule has 1 fully saturated rings. The lowest BCUT2D eigenvalue weighted by Gasteiger charge is -2.27. The molecule has 1 aliphatic carbocycles. The molecule has 0 atom stereocenters. The molecular formula is C15H21Br2NO2S. The van der Waals surface area contributed by atoms with E-state index in [9.17, 15) is 8.42 Å². The van der Waals surface area contributed by atoms with Crippen LogP contribution in [0.1, 0.15) is 39.0 Å². The highest BCUT2D eigenvalue weighted by Gasteiger charge is 2.23.